The minimum Gasteiger partial charge on any atom is -0.465 e. The summed E-state index contributed by atoms with van der Waals surface area (Å²) in [6.07, 6.45) is 0. The molecule has 0 aliphatic rings. The van der Waals surface area contributed by atoms with Crippen molar-refractivity contribution in [2.24, 2.45) is 0 Å². The summed E-state index contributed by atoms with van der Waals surface area (Å²) in [5.41, 5.74) is -0.655. The number of furan rings is 1. The third-order valence-electron chi connectivity index (χ3n) is 2.23. The first kappa shape index (κ1) is 12.3. The topological polar surface area (TPSA) is 36.6 Å². The van der Waals surface area contributed by atoms with Gasteiger partial charge in [-0.1, -0.05) is 6.92 Å². The van der Waals surface area contributed by atoms with Crippen LogP contribution in [0.2, 0.25) is 0 Å². The smallest absolute Gasteiger partial charge is 0.118 e. The van der Waals surface area contributed by atoms with Crippen LogP contribution in [0.1, 0.15) is 32.3 Å². The van der Waals surface area contributed by atoms with Crippen LogP contribution in [0.25, 0.3) is 0 Å². The first-order valence-electron chi connectivity index (χ1n) is 5.41. The summed E-state index contributed by atoms with van der Waals surface area (Å²) >= 11 is 0. The van der Waals surface area contributed by atoms with Gasteiger partial charge in [-0.05, 0) is 39.4 Å². The van der Waals surface area contributed by atoms with Gasteiger partial charge in [0, 0.05) is 6.54 Å². The summed E-state index contributed by atoms with van der Waals surface area (Å²) in [5, 5.41) is 9.73. The summed E-state index contributed by atoms with van der Waals surface area (Å²) < 4.78 is 5.51. The van der Waals surface area contributed by atoms with Gasteiger partial charge in [0.25, 0.3) is 0 Å². The van der Waals surface area contributed by atoms with Gasteiger partial charge in [-0.15, -0.1) is 0 Å². The summed E-state index contributed by atoms with van der Waals surface area (Å²) in [7, 11) is 0. The predicted octanol–water partition coefficient (Wildman–Crippen LogP) is 2.18. The van der Waals surface area contributed by atoms with Crippen LogP contribution in [0.3, 0.4) is 0 Å². The van der Waals surface area contributed by atoms with E-state index in [-0.39, 0.29) is 0 Å². The van der Waals surface area contributed by atoms with Gasteiger partial charge in [-0.25, -0.2) is 0 Å². The molecule has 1 N–H and O–H groups in total. The molecule has 0 aliphatic heterocycles. The lowest BCUT2D eigenvalue weighted by Crippen LogP contribution is -2.38. The van der Waals surface area contributed by atoms with Crippen LogP contribution in [0.4, 0.5) is 0 Å². The standard InChI is InChI=1S/C12H21NO2/c1-5-13(9-12(3,4)14)8-11-7-6-10(2)15-11/h6-7,14H,5,8-9H2,1-4H3. The molecule has 3 nitrogen and oxygen atoms in total. The Bertz CT molecular complexity index is 299. The SMILES string of the molecule is CCN(Cc1ccc(C)o1)CC(C)(C)O. The predicted molar refractivity (Wildman–Crippen MR) is 60.7 cm³/mol. The van der Waals surface area contributed by atoms with Crippen LogP contribution in [0.5, 0.6) is 0 Å². The molecule has 0 aromatic carbocycles. The first-order valence-corrected chi connectivity index (χ1v) is 5.41. The van der Waals surface area contributed by atoms with Crippen LogP contribution < -0.4 is 0 Å². The van der Waals surface area contributed by atoms with Crippen LogP contribution >= 0.6 is 0 Å². The molecule has 3 heteroatoms. The highest BCUT2D eigenvalue weighted by atomic mass is 16.3. The number of hydrogen-bond acceptors (Lipinski definition) is 3. The Morgan fingerprint density at radius 2 is 2.07 bits per heavy atom. The number of aryl methyl sites for hydroxylation is 1. The molecule has 1 aromatic rings. The minimum absolute atomic E-state index is 0.655. The molecule has 0 radical (unpaired) electrons. The number of hydrogen-bond donors (Lipinski definition) is 1. The Kier molecular flexibility index (Phi) is 3.94. The second-order valence-corrected chi connectivity index (χ2v) is 4.63. The lowest BCUT2D eigenvalue weighted by Gasteiger charge is -2.27. The van der Waals surface area contributed by atoms with Crippen molar-refractivity contribution in [1.82, 2.24) is 4.90 Å². The zero-order chi connectivity index (χ0) is 11.5. The number of likely N-dealkylation sites (N-methyl/N-ethyl adjacent to an activating group) is 1. The van der Waals surface area contributed by atoms with Crippen LogP contribution in [-0.4, -0.2) is 28.7 Å². The van der Waals surface area contributed by atoms with Gasteiger partial charge in [0.05, 0.1) is 12.1 Å². The summed E-state index contributed by atoms with van der Waals surface area (Å²) in [4.78, 5) is 2.16. The average Bonchev–Trinajstić information content (AvgIpc) is 2.47. The van der Waals surface area contributed by atoms with Gasteiger partial charge in [-0.2, -0.15) is 0 Å². The van der Waals surface area contributed by atoms with Crippen LogP contribution in [0.15, 0.2) is 16.5 Å². The van der Waals surface area contributed by atoms with Gasteiger partial charge in [0.1, 0.15) is 11.5 Å². The first-order chi connectivity index (χ1) is 6.90. The van der Waals surface area contributed by atoms with E-state index in [1.165, 1.54) is 0 Å². The molecule has 1 heterocycles. The van der Waals surface area contributed by atoms with E-state index in [1.807, 2.05) is 32.9 Å². The molecule has 0 spiro atoms. The molecule has 1 aromatic heterocycles. The van der Waals surface area contributed by atoms with Crippen molar-refractivity contribution >= 4 is 0 Å². The molecule has 0 atom stereocenters. The molecule has 15 heavy (non-hydrogen) atoms. The quantitative estimate of drug-likeness (QED) is 0.811. The highest BCUT2D eigenvalue weighted by Gasteiger charge is 2.17. The van der Waals surface area contributed by atoms with Crippen molar-refractivity contribution in [3.63, 3.8) is 0 Å². The fraction of sp³-hybridized carbons (Fsp3) is 0.667. The van der Waals surface area contributed by atoms with Crippen molar-refractivity contribution in [2.45, 2.75) is 39.8 Å². The highest BCUT2D eigenvalue weighted by Crippen LogP contribution is 2.12. The summed E-state index contributed by atoms with van der Waals surface area (Å²) in [6.45, 7) is 9.99. The van der Waals surface area contributed by atoms with Crippen LogP contribution in [0, 0.1) is 6.92 Å². The van der Waals surface area contributed by atoms with E-state index < -0.39 is 5.60 Å². The lowest BCUT2D eigenvalue weighted by atomic mass is 10.1. The van der Waals surface area contributed by atoms with E-state index in [4.69, 9.17) is 4.42 Å². The zero-order valence-corrected chi connectivity index (χ0v) is 10.1. The van der Waals surface area contributed by atoms with E-state index in [0.717, 1.165) is 24.6 Å². The molecule has 0 fully saturated rings. The number of nitrogens with zero attached hydrogens (tertiary/aromatic N) is 1. The van der Waals surface area contributed by atoms with E-state index in [0.29, 0.717) is 6.54 Å². The molecule has 0 amide bonds. The monoisotopic (exact) mass is 211 g/mol. The van der Waals surface area contributed by atoms with Crippen LogP contribution in [-0.2, 0) is 6.54 Å². The van der Waals surface area contributed by atoms with Gasteiger partial charge in [0.2, 0.25) is 0 Å². The summed E-state index contributed by atoms with van der Waals surface area (Å²) in [6, 6.07) is 3.95. The van der Waals surface area contributed by atoms with Gasteiger partial charge >= 0.3 is 0 Å². The van der Waals surface area contributed by atoms with Gasteiger partial charge in [0.15, 0.2) is 0 Å². The Balaban J connectivity index is 2.54. The Morgan fingerprint density at radius 1 is 1.40 bits per heavy atom. The van der Waals surface area contributed by atoms with Gasteiger partial charge < -0.3 is 9.52 Å². The maximum Gasteiger partial charge on any atom is 0.118 e. The molecule has 0 saturated heterocycles. The molecule has 0 saturated carbocycles. The minimum atomic E-state index is -0.655. The molecule has 0 unspecified atom stereocenters. The third kappa shape index (κ3) is 4.49. The highest BCUT2D eigenvalue weighted by molar-refractivity contribution is 5.05. The molecule has 0 bridgehead atoms. The van der Waals surface area contributed by atoms with Crippen molar-refractivity contribution in [2.75, 3.05) is 13.1 Å². The third-order valence-corrected chi connectivity index (χ3v) is 2.23. The van der Waals surface area contributed by atoms with Crippen molar-refractivity contribution in [3.8, 4) is 0 Å². The number of rotatable bonds is 5. The van der Waals surface area contributed by atoms with Crippen molar-refractivity contribution < 1.29 is 9.52 Å². The van der Waals surface area contributed by atoms with E-state index >= 15 is 0 Å². The largest absolute Gasteiger partial charge is 0.465 e. The fourth-order valence-corrected chi connectivity index (χ4v) is 1.62. The maximum absolute atomic E-state index is 9.73. The van der Waals surface area contributed by atoms with E-state index in [1.54, 1.807) is 0 Å². The zero-order valence-electron chi connectivity index (χ0n) is 10.1. The van der Waals surface area contributed by atoms with E-state index in [2.05, 4.69) is 11.8 Å². The molecule has 86 valence electrons. The fourth-order valence-electron chi connectivity index (χ4n) is 1.62. The molecular formula is C12H21NO2. The molecule has 0 aliphatic carbocycles. The summed E-state index contributed by atoms with van der Waals surface area (Å²) in [5.74, 6) is 1.89. The maximum atomic E-state index is 9.73. The average molecular weight is 211 g/mol. The Morgan fingerprint density at radius 3 is 2.47 bits per heavy atom. The Labute approximate surface area is 91.7 Å². The lowest BCUT2D eigenvalue weighted by molar-refractivity contribution is 0.0333. The van der Waals surface area contributed by atoms with E-state index in [9.17, 15) is 5.11 Å². The van der Waals surface area contributed by atoms with Gasteiger partial charge in [-0.3, -0.25) is 4.90 Å². The second-order valence-electron chi connectivity index (χ2n) is 4.63. The normalized spacial score (nSPS) is 12.4. The second kappa shape index (κ2) is 4.81. The Hall–Kier alpha value is -0.800. The number of aliphatic hydroxyl groups is 1. The van der Waals surface area contributed by atoms with Crippen molar-refractivity contribution in [3.05, 3.63) is 23.7 Å². The van der Waals surface area contributed by atoms with Crippen molar-refractivity contribution in [1.29, 1.82) is 0 Å². The molecule has 1 rings (SSSR count). The molecular weight excluding hydrogens is 190 g/mol.